The van der Waals surface area contributed by atoms with Crippen molar-refractivity contribution < 1.29 is 9.53 Å². The second kappa shape index (κ2) is 9.63. The Balaban J connectivity index is 1.63. The predicted molar refractivity (Wildman–Crippen MR) is 99.8 cm³/mol. The van der Waals surface area contributed by atoms with Gasteiger partial charge in [-0.3, -0.25) is 4.79 Å². The molecule has 0 aromatic heterocycles. The molecule has 1 atom stereocenters. The molecule has 3 nitrogen and oxygen atoms in total. The lowest BCUT2D eigenvalue weighted by Gasteiger charge is -2.14. The summed E-state index contributed by atoms with van der Waals surface area (Å²) in [5, 5.41) is 2.91. The van der Waals surface area contributed by atoms with E-state index in [0.29, 0.717) is 12.3 Å². The first-order valence-corrected chi connectivity index (χ1v) is 9.41. The highest BCUT2D eigenvalue weighted by Crippen LogP contribution is 2.17. The molecule has 2 aromatic carbocycles. The molecule has 0 fully saturated rings. The van der Waals surface area contributed by atoms with Gasteiger partial charge in [0.15, 0.2) is 6.10 Å². The summed E-state index contributed by atoms with van der Waals surface area (Å²) in [7, 11) is 0. The highest BCUT2D eigenvalue weighted by atomic mass is 79.9. The van der Waals surface area contributed by atoms with Gasteiger partial charge in [0.1, 0.15) is 5.75 Å². The Morgan fingerprint density at radius 3 is 2.57 bits per heavy atom. The minimum Gasteiger partial charge on any atom is -0.481 e. The molecule has 0 aliphatic heterocycles. The van der Waals surface area contributed by atoms with Gasteiger partial charge in [0.25, 0.3) is 5.91 Å². The number of hydrogen-bond acceptors (Lipinski definition) is 3. The van der Waals surface area contributed by atoms with Gasteiger partial charge in [-0.1, -0.05) is 46.3 Å². The van der Waals surface area contributed by atoms with Gasteiger partial charge in [0.05, 0.1) is 0 Å². The third-order valence-electron chi connectivity index (χ3n) is 3.15. The predicted octanol–water partition coefficient (Wildman–Crippen LogP) is 4.27. The van der Waals surface area contributed by atoms with Gasteiger partial charge in [0, 0.05) is 22.5 Å². The first-order valence-electron chi connectivity index (χ1n) is 7.47. The molecule has 2 aromatic rings. The first-order chi connectivity index (χ1) is 11.1. The van der Waals surface area contributed by atoms with Crippen molar-refractivity contribution in [1.29, 1.82) is 0 Å². The van der Waals surface area contributed by atoms with E-state index >= 15 is 0 Å². The lowest BCUT2D eigenvalue weighted by molar-refractivity contribution is -0.127. The van der Waals surface area contributed by atoms with Gasteiger partial charge in [-0.15, -0.1) is 0 Å². The van der Waals surface area contributed by atoms with Crippen LogP contribution in [0.4, 0.5) is 0 Å². The molecule has 0 spiro atoms. The largest absolute Gasteiger partial charge is 0.481 e. The molecule has 0 unspecified atom stereocenters. The number of nitrogens with one attached hydrogen (secondary N) is 1. The summed E-state index contributed by atoms with van der Waals surface area (Å²) >= 11 is 5.17. The van der Waals surface area contributed by atoms with Crippen LogP contribution in [0.25, 0.3) is 0 Å². The third-order valence-corrected chi connectivity index (χ3v) is 4.71. The smallest absolute Gasteiger partial charge is 0.260 e. The maximum absolute atomic E-state index is 12.0. The summed E-state index contributed by atoms with van der Waals surface area (Å²) in [5.74, 6) is 2.44. The van der Waals surface area contributed by atoms with Crippen LogP contribution in [0.2, 0.25) is 0 Å². The summed E-state index contributed by atoms with van der Waals surface area (Å²) in [6.45, 7) is 2.40. The Morgan fingerprint density at radius 1 is 1.17 bits per heavy atom. The van der Waals surface area contributed by atoms with Crippen LogP contribution in [0.5, 0.6) is 5.75 Å². The minimum atomic E-state index is -0.504. The van der Waals surface area contributed by atoms with E-state index < -0.39 is 6.10 Å². The number of carbonyl (C=O) groups is 1. The van der Waals surface area contributed by atoms with E-state index in [4.69, 9.17) is 4.74 Å². The van der Waals surface area contributed by atoms with E-state index in [2.05, 4.69) is 33.4 Å². The summed E-state index contributed by atoms with van der Waals surface area (Å²) < 4.78 is 6.60. The summed E-state index contributed by atoms with van der Waals surface area (Å²) in [6.07, 6.45) is -0.504. The van der Waals surface area contributed by atoms with Crippen molar-refractivity contribution in [3.8, 4) is 5.75 Å². The molecule has 0 bridgehead atoms. The molecule has 1 N–H and O–H groups in total. The zero-order chi connectivity index (χ0) is 16.5. The highest BCUT2D eigenvalue weighted by Gasteiger charge is 2.13. The molecule has 0 radical (unpaired) electrons. The Hall–Kier alpha value is -1.46. The number of thioether (sulfide) groups is 1. The number of hydrogen-bond donors (Lipinski definition) is 1. The van der Waals surface area contributed by atoms with Crippen molar-refractivity contribution in [1.82, 2.24) is 5.32 Å². The number of benzene rings is 2. The number of rotatable bonds is 8. The van der Waals surface area contributed by atoms with Gasteiger partial charge < -0.3 is 10.1 Å². The molecule has 23 heavy (non-hydrogen) atoms. The minimum absolute atomic E-state index is 0.0896. The SMILES string of the molecule is C[C@H](Oc1ccc(Br)cc1)C(=O)NCCSCc1ccccc1. The van der Waals surface area contributed by atoms with Crippen molar-refractivity contribution in [2.75, 3.05) is 12.3 Å². The van der Waals surface area contributed by atoms with Gasteiger partial charge >= 0.3 is 0 Å². The van der Waals surface area contributed by atoms with E-state index in [0.717, 1.165) is 16.0 Å². The quantitative estimate of drug-likeness (QED) is 0.680. The molecule has 0 saturated heterocycles. The zero-order valence-corrected chi connectivity index (χ0v) is 15.4. The maximum Gasteiger partial charge on any atom is 0.260 e. The molecule has 2 rings (SSSR count). The van der Waals surface area contributed by atoms with E-state index in [1.165, 1.54) is 5.56 Å². The van der Waals surface area contributed by atoms with Crippen LogP contribution in [0.15, 0.2) is 59.1 Å². The molecule has 1 amide bonds. The van der Waals surface area contributed by atoms with Crippen LogP contribution in [0.3, 0.4) is 0 Å². The number of carbonyl (C=O) groups excluding carboxylic acids is 1. The topological polar surface area (TPSA) is 38.3 Å². The average Bonchev–Trinajstić information content (AvgIpc) is 2.57. The van der Waals surface area contributed by atoms with E-state index in [1.807, 2.05) is 42.5 Å². The maximum atomic E-state index is 12.0. The molecule has 0 aliphatic carbocycles. The molecule has 0 saturated carbocycles. The van der Waals surface area contributed by atoms with Crippen molar-refractivity contribution in [3.63, 3.8) is 0 Å². The Morgan fingerprint density at radius 2 is 1.87 bits per heavy atom. The molecule has 0 aliphatic rings. The lowest BCUT2D eigenvalue weighted by atomic mass is 10.2. The second-order valence-electron chi connectivity index (χ2n) is 5.04. The highest BCUT2D eigenvalue weighted by molar-refractivity contribution is 9.10. The fraction of sp³-hybridized carbons (Fsp3) is 0.278. The third kappa shape index (κ3) is 6.67. The summed E-state index contributed by atoms with van der Waals surface area (Å²) in [4.78, 5) is 12.0. The van der Waals surface area contributed by atoms with Crippen LogP contribution in [-0.4, -0.2) is 24.3 Å². The monoisotopic (exact) mass is 393 g/mol. The number of amides is 1. The second-order valence-corrected chi connectivity index (χ2v) is 7.06. The average molecular weight is 394 g/mol. The Kier molecular flexibility index (Phi) is 7.49. The van der Waals surface area contributed by atoms with Crippen molar-refractivity contribution in [3.05, 3.63) is 64.6 Å². The van der Waals surface area contributed by atoms with E-state index in [-0.39, 0.29) is 5.91 Å². The molecular formula is C18H20BrNO2S. The van der Waals surface area contributed by atoms with Crippen LogP contribution in [0.1, 0.15) is 12.5 Å². The molecule has 122 valence electrons. The lowest BCUT2D eigenvalue weighted by Crippen LogP contribution is -2.37. The fourth-order valence-corrected chi connectivity index (χ4v) is 3.01. The van der Waals surface area contributed by atoms with Gasteiger partial charge in [0.2, 0.25) is 0 Å². The van der Waals surface area contributed by atoms with Crippen LogP contribution < -0.4 is 10.1 Å². The van der Waals surface area contributed by atoms with E-state index in [1.54, 1.807) is 18.7 Å². The van der Waals surface area contributed by atoms with Crippen LogP contribution in [0, 0.1) is 0 Å². The van der Waals surface area contributed by atoms with Gasteiger partial charge in [-0.05, 0) is 36.8 Å². The molecular weight excluding hydrogens is 374 g/mol. The number of halogens is 1. The molecule has 0 heterocycles. The van der Waals surface area contributed by atoms with Crippen molar-refractivity contribution in [2.45, 2.75) is 18.8 Å². The Bertz CT molecular complexity index is 604. The molecule has 5 heteroatoms. The first kappa shape index (κ1) is 17.9. The van der Waals surface area contributed by atoms with E-state index in [9.17, 15) is 4.79 Å². The normalized spacial score (nSPS) is 11.7. The Labute approximate surface area is 149 Å². The van der Waals surface area contributed by atoms with Crippen molar-refractivity contribution in [2.24, 2.45) is 0 Å². The van der Waals surface area contributed by atoms with Crippen molar-refractivity contribution >= 4 is 33.6 Å². The zero-order valence-electron chi connectivity index (χ0n) is 13.0. The fourth-order valence-electron chi connectivity index (χ4n) is 1.93. The summed E-state index contributed by atoms with van der Waals surface area (Å²) in [6, 6.07) is 17.8. The van der Waals surface area contributed by atoms with Gasteiger partial charge in [-0.2, -0.15) is 11.8 Å². The summed E-state index contributed by atoms with van der Waals surface area (Å²) in [5.41, 5.74) is 1.30. The number of ether oxygens (including phenoxy) is 1. The van der Waals surface area contributed by atoms with Crippen LogP contribution in [-0.2, 0) is 10.5 Å². The standard InChI is InChI=1S/C18H20BrNO2S/c1-14(22-17-9-7-16(19)8-10-17)18(21)20-11-12-23-13-15-5-3-2-4-6-15/h2-10,14H,11-13H2,1H3,(H,20,21)/t14-/m0/s1. The van der Waals surface area contributed by atoms with Crippen LogP contribution >= 0.6 is 27.7 Å². The van der Waals surface area contributed by atoms with Gasteiger partial charge in [-0.25, -0.2) is 0 Å².